The van der Waals surface area contributed by atoms with E-state index in [1.54, 1.807) is 7.11 Å². The summed E-state index contributed by atoms with van der Waals surface area (Å²) in [5.74, 6) is 0.924. The Morgan fingerprint density at radius 1 is 1.42 bits per heavy atom. The zero-order valence-corrected chi connectivity index (χ0v) is 7.58. The van der Waals surface area contributed by atoms with Gasteiger partial charge in [-0.2, -0.15) is 0 Å². The SMILES string of the molecule is [CH2-]N(C)Cc1ccccc1OC. The van der Waals surface area contributed by atoms with Gasteiger partial charge in [0, 0.05) is 5.56 Å². The van der Waals surface area contributed by atoms with E-state index in [0.29, 0.717) is 0 Å². The Bertz CT molecular complexity index is 245. The third-order valence-corrected chi connectivity index (χ3v) is 1.63. The molecule has 0 aromatic heterocycles. The number of benzene rings is 1. The average Bonchev–Trinajstić information content (AvgIpc) is 2.04. The summed E-state index contributed by atoms with van der Waals surface area (Å²) in [6.07, 6.45) is 0. The second kappa shape index (κ2) is 4.12. The van der Waals surface area contributed by atoms with Crippen molar-refractivity contribution in [2.45, 2.75) is 6.54 Å². The smallest absolute Gasteiger partial charge is 0.123 e. The predicted molar refractivity (Wildman–Crippen MR) is 49.8 cm³/mol. The lowest BCUT2D eigenvalue weighted by molar-refractivity contribution is 0.388. The van der Waals surface area contributed by atoms with Gasteiger partial charge in [-0.3, -0.25) is 7.05 Å². The highest BCUT2D eigenvalue weighted by Gasteiger charge is 1.98. The minimum Gasteiger partial charge on any atom is -0.496 e. The van der Waals surface area contributed by atoms with Crippen molar-refractivity contribution >= 4 is 0 Å². The topological polar surface area (TPSA) is 12.5 Å². The van der Waals surface area contributed by atoms with Gasteiger partial charge in [-0.1, -0.05) is 18.2 Å². The predicted octanol–water partition coefficient (Wildman–Crippen LogP) is 1.92. The van der Waals surface area contributed by atoms with Crippen LogP contribution in [0.2, 0.25) is 0 Å². The zero-order valence-electron chi connectivity index (χ0n) is 7.58. The molecule has 2 heteroatoms. The normalized spacial score (nSPS) is 10.3. The summed E-state index contributed by atoms with van der Waals surface area (Å²) in [6, 6.07) is 7.96. The number of rotatable bonds is 3. The van der Waals surface area contributed by atoms with E-state index in [4.69, 9.17) is 4.74 Å². The number of hydrogen-bond donors (Lipinski definition) is 0. The van der Waals surface area contributed by atoms with Gasteiger partial charge in [0.05, 0.1) is 7.11 Å². The molecule has 0 spiro atoms. The Morgan fingerprint density at radius 2 is 2.08 bits per heavy atom. The Hall–Kier alpha value is -1.02. The Morgan fingerprint density at radius 3 is 2.67 bits per heavy atom. The monoisotopic (exact) mass is 164 g/mol. The third-order valence-electron chi connectivity index (χ3n) is 1.63. The summed E-state index contributed by atoms with van der Waals surface area (Å²) < 4.78 is 5.19. The molecular formula is C10H14NO-. The third kappa shape index (κ3) is 2.24. The molecule has 0 fully saturated rings. The number of methoxy groups -OCH3 is 1. The van der Waals surface area contributed by atoms with Crippen molar-refractivity contribution in [1.82, 2.24) is 4.90 Å². The second-order valence-electron chi connectivity index (χ2n) is 2.83. The molecule has 0 aliphatic rings. The van der Waals surface area contributed by atoms with E-state index in [0.717, 1.165) is 17.9 Å². The summed E-state index contributed by atoms with van der Waals surface area (Å²) in [7, 11) is 7.41. The van der Waals surface area contributed by atoms with Crippen LogP contribution in [0.15, 0.2) is 24.3 Å². The van der Waals surface area contributed by atoms with E-state index < -0.39 is 0 Å². The van der Waals surface area contributed by atoms with Crippen molar-refractivity contribution in [2.75, 3.05) is 14.2 Å². The van der Waals surface area contributed by atoms with Crippen LogP contribution in [0.25, 0.3) is 0 Å². The Labute approximate surface area is 73.8 Å². The largest absolute Gasteiger partial charge is 0.496 e. The van der Waals surface area contributed by atoms with Crippen LogP contribution in [0.1, 0.15) is 5.56 Å². The minimum absolute atomic E-state index is 0.810. The first kappa shape index (κ1) is 9.07. The molecule has 66 valence electrons. The van der Waals surface area contributed by atoms with E-state index in [1.165, 1.54) is 0 Å². The molecule has 0 aliphatic heterocycles. The van der Waals surface area contributed by atoms with Gasteiger partial charge >= 0.3 is 0 Å². The first-order valence-electron chi connectivity index (χ1n) is 3.87. The number of para-hydroxylation sites is 1. The summed E-state index contributed by atoms with van der Waals surface area (Å²) in [6.45, 7) is 0.810. The van der Waals surface area contributed by atoms with Crippen LogP contribution in [-0.2, 0) is 6.54 Å². The van der Waals surface area contributed by atoms with Crippen LogP contribution < -0.4 is 4.74 Å². The van der Waals surface area contributed by atoms with Crippen LogP contribution in [-0.4, -0.2) is 19.1 Å². The molecule has 12 heavy (non-hydrogen) atoms. The molecule has 1 aromatic rings. The van der Waals surface area contributed by atoms with Gasteiger partial charge in [0.25, 0.3) is 0 Å². The molecule has 0 saturated heterocycles. The fourth-order valence-electron chi connectivity index (χ4n) is 1.12. The summed E-state index contributed by atoms with van der Waals surface area (Å²) >= 11 is 0. The van der Waals surface area contributed by atoms with E-state index in [9.17, 15) is 0 Å². The summed E-state index contributed by atoms with van der Waals surface area (Å²) in [5, 5.41) is 0. The maximum absolute atomic E-state index is 5.19. The molecule has 2 nitrogen and oxygen atoms in total. The van der Waals surface area contributed by atoms with E-state index in [1.807, 2.05) is 36.2 Å². The zero-order chi connectivity index (χ0) is 8.97. The van der Waals surface area contributed by atoms with E-state index >= 15 is 0 Å². The molecule has 0 bridgehead atoms. The Balaban J connectivity index is 2.82. The molecule has 1 aromatic carbocycles. The van der Waals surface area contributed by atoms with Gasteiger partial charge in [-0.05, 0) is 19.7 Å². The molecule has 0 radical (unpaired) electrons. The molecule has 0 saturated carbocycles. The average molecular weight is 164 g/mol. The van der Waals surface area contributed by atoms with Crippen molar-refractivity contribution in [3.8, 4) is 5.75 Å². The van der Waals surface area contributed by atoms with Crippen molar-refractivity contribution < 1.29 is 4.74 Å². The molecule has 1 rings (SSSR count). The quantitative estimate of drug-likeness (QED) is 0.633. The fraction of sp³-hybridized carbons (Fsp3) is 0.300. The van der Waals surface area contributed by atoms with Gasteiger partial charge in [-0.15, -0.1) is 0 Å². The highest BCUT2D eigenvalue weighted by atomic mass is 16.5. The number of ether oxygens (including phenoxy) is 1. The molecule has 0 N–H and O–H groups in total. The van der Waals surface area contributed by atoms with Gasteiger partial charge in [0.2, 0.25) is 0 Å². The number of hydrogen-bond acceptors (Lipinski definition) is 2. The van der Waals surface area contributed by atoms with Crippen LogP contribution in [0.4, 0.5) is 0 Å². The van der Waals surface area contributed by atoms with E-state index in [-0.39, 0.29) is 0 Å². The van der Waals surface area contributed by atoms with Crippen LogP contribution in [0.5, 0.6) is 5.75 Å². The van der Waals surface area contributed by atoms with E-state index in [2.05, 4.69) is 7.05 Å². The minimum atomic E-state index is 0.810. The maximum Gasteiger partial charge on any atom is 0.123 e. The van der Waals surface area contributed by atoms with Crippen LogP contribution in [0.3, 0.4) is 0 Å². The highest BCUT2D eigenvalue weighted by molar-refractivity contribution is 5.32. The molecule has 0 amide bonds. The first-order chi connectivity index (χ1) is 5.74. The van der Waals surface area contributed by atoms with Crippen molar-refractivity contribution in [1.29, 1.82) is 0 Å². The Kier molecular flexibility index (Phi) is 3.11. The van der Waals surface area contributed by atoms with Crippen molar-refractivity contribution in [3.05, 3.63) is 36.9 Å². The van der Waals surface area contributed by atoms with Gasteiger partial charge in [0.1, 0.15) is 5.75 Å². The highest BCUT2D eigenvalue weighted by Crippen LogP contribution is 2.17. The molecule has 0 heterocycles. The maximum atomic E-state index is 5.19. The van der Waals surface area contributed by atoms with Gasteiger partial charge in [-0.25, -0.2) is 0 Å². The fourth-order valence-corrected chi connectivity index (χ4v) is 1.12. The van der Waals surface area contributed by atoms with Gasteiger partial charge < -0.3 is 9.64 Å². The van der Waals surface area contributed by atoms with Gasteiger partial charge in [0.15, 0.2) is 0 Å². The first-order valence-corrected chi connectivity index (χ1v) is 3.87. The summed E-state index contributed by atoms with van der Waals surface area (Å²) in [5.41, 5.74) is 1.16. The lowest BCUT2D eigenvalue weighted by Gasteiger charge is -2.19. The lowest BCUT2D eigenvalue weighted by Crippen LogP contribution is -2.08. The molecule has 0 atom stereocenters. The van der Waals surface area contributed by atoms with Crippen molar-refractivity contribution in [3.63, 3.8) is 0 Å². The molecular weight excluding hydrogens is 150 g/mol. The summed E-state index contributed by atoms with van der Waals surface area (Å²) in [4.78, 5) is 1.87. The number of nitrogens with zero attached hydrogens (tertiary/aromatic N) is 1. The molecule has 0 unspecified atom stereocenters. The molecule has 0 aliphatic carbocycles. The second-order valence-corrected chi connectivity index (χ2v) is 2.83. The lowest BCUT2D eigenvalue weighted by atomic mass is 10.2. The standard InChI is InChI=1S/C10H14NO/c1-11(2)8-9-6-4-5-7-10(9)12-3/h4-7H,1,8H2,2-3H3/q-1. The van der Waals surface area contributed by atoms with Crippen molar-refractivity contribution in [2.24, 2.45) is 0 Å². The van der Waals surface area contributed by atoms with Crippen LogP contribution >= 0.6 is 0 Å². The van der Waals surface area contributed by atoms with Crippen LogP contribution in [0, 0.1) is 7.05 Å².